The molecule has 4 nitrogen and oxygen atoms in total. The smallest absolute Gasteiger partial charge is 0.268 e. The molecule has 5 heteroatoms. The Hall–Kier alpha value is -2.27. The van der Waals surface area contributed by atoms with E-state index in [1.54, 1.807) is 18.4 Å². The molecular weight excluding hydrogens is 334 g/mol. The van der Waals surface area contributed by atoms with Crippen LogP contribution in [0.15, 0.2) is 45.9 Å². The fraction of sp³-hybridized carbons (Fsp3) is 0.300. The van der Waals surface area contributed by atoms with Crippen LogP contribution in [-0.4, -0.2) is 22.0 Å². The fourth-order valence-electron chi connectivity index (χ4n) is 2.93. The van der Waals surface area contributed by atoms with Crippen molar-refractivity contribution in [2.75, 3.05) is 0 Å². The van der Waals surface area contributed by atoms with Gasteiger partial charge in [0.1, 0.15) is 5.76 Å². The summed E-state index contributed by atoms with van der Waals surface area (Å²) in [5.74, 6) is 0.101. The van der Waals surface area contributed by atoms with Gasteiger partial charge in [0, 0.05) is 5.25 Å². The molecule has 0 bridgehead atoms. The molecule has 0 atom stereocenters. The van der Waals surface area contributed by atoms with Gasteiger partial charge in [0.2, 0.25) is 0 Å². The van der Waals surface area contributed by atoms with Crippen molar-refractivity contribution in [3.63, 3.8) is 0 Å². The van der Waals surface area contributed by atoms with Crippen molar-refractivity contribution in [3.05, 3.63) is 64.0 Å². The molecule has 0 spiro atoms. The number of hydrogen-bond acceptors (Lipinski definition) is 4. The summed E-state index contributed by atoms with van der Waals surface area (Å²) in [6.07, 6.45) is 1.54. The maximum Gasteiger partial charge on any atom is 0.268 e. The number of carbonyl (C=O) groups is 2. The van der Waals surface area contributed by atoms with E-state index in [1.807, 2.05) is 45.9 Å². The molecule has 1 aliphatic rings. The van der Waals surface area contributed by atoms with Gasteiger partial charge in [0.25, 0.3) is 11.8 Å². The quantitative estimate of drug-likeness (QED) is 0.750. The van der Waals surface area contributed by atoms with E-state index >= 15 is 0 Å². The van der Waals surface area contributed by atoms with Crippen molar-refractivity contribution in [1.29, 1.82) is 0 Å². The summed E-state index contributed by atoms with van der Waals surface area (Å²) < 4.78 is 5.32. The van der Waals surface area contributed by atoms with Gasteiger partial charge in [0.05, 0.1) is 23.3 Å². The van der Waals surface area contributed by atoms with Crippen LogP contribution in [0.3, 0.4) is 0 Å². The lowest BCUT2D eigenvalue weighted by Crippen LogP contribution is -2.30. The van der Waals surface area contributed by atoms with Crippen LogP contribution in [-0.2, 0) is 16.1 Å². The number of benzene rings is 1. The Morgan fingerprint density at radius 2 is 1.88 bits per heavy atom. The first-order chi connectivity index (χ1) is 11.9. The molecule has 1 aromatic heterocycles. The van der Waals surface area contributed by atoms with E-state index in [4.69, 9.17) is 4.42 Å². The van der Waals surface area contributed by atoms with E-state index in [0.29, 0.717) is 16.2 Å². The molecule has 25 heavy (non-hydrogen) atoms. The number of hydrogen-bond donors (Lipinski definition) is 0. The van der Waals surface area contributed by atoms with Gasteiger partial charge in [-0.1, -0.05) is 37.6 Å². The minimum atomic E-state index is -0.253. The first-order valence-corrected chi connectivity index (χ1v) is 9.13. The average molecular weight is 355 g/mol. The van der Waals surface area contributed by atoms with Crippen LogP contribution in [0.25, 0.3) is 5.57 Å². The lowest BCUT2D eigenvalue weighted by atomic mass is 9.99. The molecule has 0 unspecified atom stereocenters. The summed E-state index contributed by atoms with van der Waals surface area (Å²) in [4.78, 5) is 27.8. The molecule has 0 fully saturated rings. The summed E-state index contributed by atoms with van der Waals surface area (Å²) in [5.41, 5.74) is 3.46. The minimum absolute atomic E-state index is 0.154. The van der Waals surface area contributed by atoms with Crippen molar-refractivity contribution < 1.29 is 14.0 Å². The van der Waals surface area contributed by atoms with Crippen LogP contribution in [0, 0.1) is 13.8 Å². The molecule has 3 rings (SSSR count). The second-order valence-corrected chi connectivity index (χ2v) is 8.05. The van der Waals surface area contributed by atoms with Crippen molar-refractivity contribution in [3.8, 4) is 0 Å². The molecule has 0 saturated carbocycles. The number of imide groups is 1. The van der Waals surface area contributed by atoms with Crippen molar-refractivity contribution in [2.45, 2.75) is 39.5 Å². The number of furan rings is 1. The summed E-state index contributed by atoms with van der Waals surface area (Å²) in [5, 5.41) is 0.205. The van der Waals surface area contributed by atoms with Crippen LogP contribution < -0.4 is 0 Å². The lowest BCUT2D eigenvalue weighted by Gasteiger charge is -2.14. The zero-order valence-corrected chi connectivity index (χ0v) is 15.6. The fourth-order valence-corrected chi connectivity index (χ4v) is 3.93. The van der Waals surface area contributed by atoms with Crippen molar-refractivity contribution in [1.82, 2.24) is 4.90 Å². The molecule has 130 valence electrons. The van der Waals surface area contributed by atoms with E-state index in [1.165, 1.54) is 16.7 Å². The van der Waals surface area contributed by atoms with Crippen LogP contribution in [0.1, 0.15) is 36.3 Å². The second kappa shape index (κ2) is 6.92. The number of amides is 2. The lowest BCUT2D eigenvalue weighted by molar-refractivity contribution is -0.137. The Balaban J connectivity index is 2.05. The third-order valence-corrected chi connectivity index (χ3v) is 5.11. The molecule has 2 amide bonds. The summed E-state index contributed by atoms with van der Waals surface area (Å²) in [6.45, 7) is 8.18. The number of nitrogens with zero attached hydrogens (tertiary/aromatic N) is 1. The highest BCUT2D eigenvalue weighted by Crippen LogP contribution is 2.39. The molecule has 2 aromatic rings. The van der Waals surface area contributed by atoms with E-state index < -0.39 is 0 Å². The Morgan fingerprint density at radius 3 is 2.48 bits per heavy atom. The standard InChI is InChI=1S/C20H21NO3S/c1-12(2)25-18-17(16-8-7-13(3)10-14(16)4)19(22)21(20(18)23)11-15-6-5-9-24-15/h5-10,12H,11H2,1-4H3. The van der Waals surface area contributed by atoms with Crippen molar-refractivity contribution >= 4 is 29.1 Å². The first-order valence-electron chi connectivity index (χ1n) is 8.25. The number of carbonyl (C=O) groups excluding carboxylic acids is 2. The third kappa shape index (κ3) is 3.42. The number of aryl methyl sites for hydroxylation is 2. The molecule has 0 saturated heterocycles. The third-order valence-electron chi connectivity index (χ3n) is 4.02. The van der Waals surface area contributed by atoms with E-state index in [9.17, 15) is 9.59 Å². The van der Waals surface area contributed by atoms with Gasteiger partial charge in [-0.25, -0.2) is 0 Å². The van der Waals surface area contributed by atoms with E-state index in [-0.39, 0.29) is 23.6 Å². The molecule has 1 aromatic carbocycles. The monoisotopic (exact) mass is 355 g/mol. The molecule has 1 aliphatic heterocycles. The van der Waals surface area contributed by atoms with Crippen LogP contribution in [0.2, 0.25) is 0 Å². The normalized spacial score (nSPS) is 15.0. The van der Waals surface area contributed by atoms with Gasteiger partial charge in [-0.15, -0.1) is 11.8 Å². The van der Waals surface area contributed by atoms with Crippen LogP contribution in [0.4, 0.5) is 0 Å². The summed E-state index contributed by atoms with van der Waals surface area (Å²) >= 11 is 1.44. The highest BCUT2D eigenvalue weighted by Gasteiger charge is 2.40. The number of thioether (sulfide) groups is 1. The van der Waals surface area contributed by atoms with E-state index in [2.05, 4.69) is 0 Å². The van der Waals surface area contributed by atoms with Gasteiger partial charge >= 0.3 is 0 Å². The Kier molecular flexibility index (Phi) is 4.86. The number of rotatable bonds is 5. The topological polar surface area (TPSA) is 50.5 Å². The maximum atomic E-state index is 13.1. The predicted molar refractivity (Wildman–Crippen MR) is 99.8 cm³/mol. The minimum Gasteiger partial charge on any atom is -0.467 e. The molecular formula is C20H21NO3S. The zero-order chi connectivity index (χ0) is 18.1. The Bertz CT molecular complexity index is 850. The summed E-state index contributed by atoms with van der Waals surface area (Å²) in [7, 11) is 0. The molecule has 0 N–H and O–H groups in total. The van der Waals surface area contributed by atoms with Crippen LogP contribution in [0.5, 0.6) is 0 Å². The zero-order valence-electron chi connectivity index (χ0n) is 14.8. The molecule has 0 radical (unpaired) electrons. The van der Waals surface area contributed by atoms with Gasteiger partial charge in [0.15, 0.2) is 0 Å². The van der Waals surface area contributed by atoms with E-state index in [0.717, 1.165) is 16.7 Å². The molecule has 0 aliphatic carbocycles. The van der Waals surface area contributed by atoms with Gasteiger partial charge in [-0.2, -0.15) is 0 Å². The highest BCUT2D eigenvalue weighted by atomic mass is 32.2. The Labute approximate surface area is 151 Å². The van der Waals surface area contributed by atoms with Gasteiger partial charge in [-0.05, 0) is 37.1 Å². The van der Waals surface area contributed by atoms with Gasteiger partial charge in [-0.3, -0.25) is 14.5 Å². The van der Waals surface area contributed by atoms with Crippen molar-refractivity contribution in [2.24, 2.45) is 0 Å². The average Bonchev–Trinajstić information content (AvgIpc) is 3.12. The van der Waals surface area contributed by atoms with Crippen LogP contribution >= 0.6 is 11.8 Å². The Morgan fingerprint density at radius 1 is 1.12 bits per heavy atom. The maximum absolute atomic E-state index is 13.1. The second-order valence-electron chi connectivity index (χ2n) is 6.46. The summed E-state index contributed by atoms with van der Waals surface area (Å²) in [6, 6.07) is 9.46. The highest BCUT2D eigenvalue weighted by molar-refractivity contribution is 8.04. The SMILES string of the molecule is Cc1ccc(C2=C(SC(C)C)C(=O)N(Cc3ccco3)C2=O)c(C)c1. The first kappa shape index (κ1) is 17.5. The predicted octanol–water partition coefficient (Wildman–Crippen LogP) is 4.32. The molecule has 2 heterocycles. The largest absolute Gasteiger partial charge is 0.467 e. The van der Waals surface area contributed by atoms with Gasteiger partial charge < -0.3 is 4.42 Å².